The van der Waals surface area contributed by atoms with E-state index in [-0.39, 0.29) is 18.3 Å². The van der Waals surface area contributed by atoms with Gasteiger partial charge in [-0.05, 0) is 43.4 Å². The minimum atomic E-state index is -0.541. The van der Waals surface area contributed by atoms with Crippen molar-refractivity contribution < 1.29 is 4.79 Å². The molecule has 0 radical (unpaired) electrons. The third kappa shape index (κ3) is 3.19. The van der Waals surface area contributed by atoms with Crippen LogP contribution in [0.2, 0.25) is 0 Å². The van der Waals surface area contributed by atoms with Crippen molar-refractivity contribution in [2.24, 2.45) is 0 Å². The Morgan fingerprint density at radius 1 is 1.45 bits per heavy atom. The summed E-state index contributed by atoms with van der Waals surface area (Å²) in [7, 11) is 1.88. The summed E-state index contributed by atoms with van der Waals surface area (Å²) in [6, 6.07) is 5.97. The second kappa shape index (κ2) is 7.26. The fourth-order valence-electron chi connectivity index (χ4n) is 2.97. The Morgan fingerprint density at radius 3 is 2.82 bits per heavy atom. The molecule has 1 saturated heterocycles. The van der Waals surface area contributed by atoms with E-state index in [1.54, 1.807) is 17.5 Å². The molecule has 3 heterocycles. The highest BCUT2D eigenvalue weighted by Gasteiger charge is 2.43. The van der Waals surface area contributed by atoms with E-state index in [4.69, 9.17) is 0 Å². The van der Waals surface area contributed by atoms with E-state index < -0.39 is 5.54 Å². The van der Waals surface area contributed by atoms with Crippen LogP contribution < -0.4 is 5.32 Å². The average molecular weight is 341 g/mol. The van der Waals surface area contributed by atoms with Crippen molar-refractivity contribution in [1.82, 2.24) is 20.0 Å². The first-order valence-electron chi connectivity index (χ1n) is 7.21. The molecule has 0 saturated carbocycles. The van der Waals surface area contributed by atoms with Gasteiger partial charge < -0.3 is 10.2 Å². The zero-order chi connectivity index (χ0) is 14.7. The molecular formula is C15H21ClN4OS. The van der Waals surface area contributed by atoms with Crippen LogP contribution in [0.1, 0.15) is 17.7 Å². The molecule has 120 valence electrons. The summed E-state index contributed by atoms with van der Waals surface area (Å²) >= 11 is 1.68. The molecule has 1 amide bonds. The number of hydrogen-bond acceptors (Lipinski definition) is 4. The fourth-order valence-corrected chi connectivity index (χ4v) is 3.72. The van der Waals surface area contributed by atoms with Gasteiger partial charge in [-0.3, -0.25) is 9.48 Å². The van der Waals surface area contributed by atoms with Crippen LogP contribution in [0.4, 0.5) is 0 Å². The number of hydrogen-bond donors (Lipinski definition) is 1. The SMILES string of the molecule is CN(Cc1cccs1)C(=O)C1(n2cccn2)CCNCC1.Cl. The smallest absolute Gasteiger partial charge is 0.250 e. The van der Waals surface area contributed by atoms with Crippen LogP contribution in [0, 0.1) is 0 Å². The number of carbonyl (C=O) groups excluding carboxylic acids is 1. The predicted molar refractivity (Wildman–Crippen MR) is 90.3 cm³/mol. The third-order valence-electron chi connectivity index (χ3n) is 4.09. The molecule has 2 aromatic rings. The van der Waals surface area contributed by atoms with E-state index in [1.807, 2.05) is 40.3 Å². The van der Waals surface area contributed by atoms with Gasteiger partial charge in [-0.25, -0.2) is 0 Å². The highest BCUT2D eigenvalue weighted by molar-refractivity contribution is 7.09. The molecule has 0 unspecified atom stereocenters. The van der Waals surface area contributed by atoms with Crippen molar-refractivity contribution in [3.8, 4) is 0 Å². The van der Waals surface area contributed by atoms with Gasteiger partial charge in [0.15, 0.2) is 0 Å². The van der Waals surface area contributed by atoms with Crippen LogP contribution in [-0.2, 0) is 16.9 Å². The molecule has 1 fully saturated rings. The Bertz CT molecular complexity index is 579. The minimum Gasteiger partial charge on any atom is -0.339 e. The van der Waals surface area contributed by atoms with Crippen LogP contribution in [0.3, 0.4) is 0 Å². The number of nitrogens with zero attached hydrogens (tertiary/aromatic N) is 3. The number of thiophene rings is 1. The number of aromatic nitrogens is 2. The van der Waals surface area contributed by atoms with Crippen LogP contribution in [0.5, 0.6) is 0 Å². The van der Waals surface area contributed by atoms with E-state index in [0.717, 1.165) is 25.9 Å². The monoisotopic (exact) mass is 340 g/mol. The topological polar surface area (TPSA) is 50.2 Å². The van der Waals surface area contributed by atoms with Crippen molar-refractivity contribution in [3.05, 3.63) is 40.8 Å². The molecule has 0 spiro atoms. The summed E-state index contributed by atoms with van der Waals surface area (Å²) in [5, 5.41) is 9.73. The van der Waals surface area contributed by atoms with Crippen molar-refractivity contribution in [2.75, 3.05) is 20.1 Å². The lowest BCUT2D eigenvalue weighted by Crippen LogP contribution is -2.54. The van der Waals surface area contributed by atoms with Gasteiger partial charge in [-0.15, -0.1) is 23.7 Å². The number of rotatable bonds is 4. The van der Waals surface area contributed by atoms with Gasteiger partial charge in [-0.2, -0.15) is 5.10 Å². The second-order valence-corrected chi connectivity index (χ2v) is 6.51. The predicted octanol–water partition coefficient (Wildman–Crippen LogP) is 2.10. The molecule has 5 nitrogen and oxygen atoms in total. The number of carbonyl (C=O) groups is 1. The summed E-state index contributed by atoms with van der Waals surface area (Å²) in [6.07, 6.45) is 5.21. The molecule has 0 aromatic carbocycles. The van der Waals surface area contributed by atoms with Gasteiger partial charge in [0.1, 0.15) is 5.54 Å². The first-order chi connectivity index (χ1) is 10.2. The summed E-state index contributed by atoms with van der Waals surface area (Å²) in [6.45, 7) is 2.35. The van der Waals surface area contributed by atoms with Gasteiger partial charge in [0.05, 0.1) is 6.54 Å². The van der Waals surface area contributed by atoms with Gasteiger partial charge >= 0.3 is 0 Å². The van der Waals surface area contributed by atoms with Crippen LogP contribution in [0.25, 0.3) is 0 Å². The number of piperidine rings is 1. The maximum atomic E-state index is 13.1. The Kier molecular flexibility index (Phi) is 5.61. The molecule has 0 atom stereocenters. The lowest BCUT2D eigenvalue weighted by molar-refractivity contribution is -0.142. The van der Waals surface area contributed by atoms with E-state index >= 15 is 0 Å². The maximum absolute atomic E-state index is 13.1. The molecule has 3 rings (SSSR count). The number of nitrogens with one attached hydrogen (secondary N) is 1. The average Bonchev–Trinajstić information content (AvgIpc) is 3.20. The molecule has 1 aliphatic rings. The lowest BCUT2D eigenvalue weighted by Gasteiger charge is -2.39. The zero-order valence-corrected chi connectivity index (χ0v) is 14.2. The Labute approximate surface area is 140 Å². The summed E-state index contributed by atoms with van der Waals surface area (Å²) in [4.78, 5) is 16.1. The maximum Gasteiger partial charge on any atom is 0.250 e. The van der Waals surface area contributed by atoms with E-state index in [0.29, 0.717) is 6.54 Å². The minimum absolute atomic E-state index is 0. The largest absolute Gasteiger partial charge is 0.339 e. The lowest BCUT2D eigenvalue weighted by atomic mass is 9.87. The van der Waals surface area contributed by atoms with Crippen LogP contribution in [0.15, 0.2) is 36.0 Å². The van der Waals surface area contributed by atoms with Crippen molar-refractivity contribution in [2.45, 2.75) is 24.9 Å². The van der Waals surface area contributed by atoms with Crippen LogP contribution >= 0.6 is 23.7 Å². The number of amides is 1. The van der Waals surface area contributed by atoms with Gasteiger partial charge in [0.2, 0.25) is 0 Å². The first kappa shape index (κ1) is 17.0. The van der Waals surface area contributed by atoms with Crippen LogP contribution in [-0.4, -0.2) is 40.7 Å². The zero-order valence-electron chi connectivity index (χ0n) is 12.6. The van der Waals surface area contributed by atoms with Gasteiger partial charge in [-0.1, -0.05) is 6.07 Å². The van der Waals surface area contributed by atoms with E-state index in [2.05, 4.69) is 16.5 Å². The quantitative estimate of drug-likeness (QED) is 0.927. The molecule has 7 heteroatoms. The second-order valence-electron chi connectivity index (χ2n) is 5.47. The van der Waals surface area contributed by atoms with Crippen molar-refractivity contribution in [1.29, 1.82) is 0 Å². The highest BCUT2D eigenvalue weighted by Crippen LogP contribution is 2.29. The standard InChI is InChI=1S/C15H20N4OS.ClH/c1-18(12-13-4-2-11-21-13)14(20)15(5-8-16-9-6-15)19-10-3-7-17-19;/h2-4,7,10-11,16H,5-6,8-9,12H2,1H3;1H. The molecule has 0 bridgehead atoms. The Morgan fingerprint density at radius 2 is 2.23 bits per heavy atom. The van der Waals surface area contributed by atoms with E-state index in [9.17, 15) is 4.79 Å². The third-order valence-corrected chi connectivity index (χ3v) is 4.95. The number of halogens is 1. The molecule has 1 N–H and O–H groups in total. The van der Waals surface area contributed by atoms with Crippen molar-refractivity contribution in [3.63, 3.8) is 0 Å². The first-order valence-corrected chi connectivity index (χ1v) is 8.09. The molecule has 1 aliphatic heterocycles. The summed E-state index contributed by atoms with van der Waals surface area (Å²) in [5.74, 6) is 0.154. The molecule has 0 aliphatic carbocycles. The number of likely N-dealkylation sites (N-methyl/N-ethyl adjacent to an activating group) is 1. The molecule has 2 aromatic heterocycles. The summed E-state index contributed by atoms with van der Waals surface area (Å²) < 4.78 is 1.85. The Hall–Kier alpha value is -1.37. The Balaban J connectivity index is 0.00000176. The normalized spacial score (nSPS) is 16.8. The summed E-state index contributed by atoms with van der Waals surface area (Å²) in [5.41, 5.74) is -0.541. The van der Waals surface area contributed by atoms with Crippen molar-refractivity contribution >= 4 is 29.7 Å². The van der Waals surface area contributed by atoms with Gasteiger partial charge in [0.25, 0.3) is 5.91 Å². The van der Waals surface area contributed by atoms with E-state index in [1.165, 1.54) is 4.88 Å². The highest BCUT2D eigenvalue weighted by atomic mass is 35.5. The molecular weight excluding hydrogens is 320 g/mol. The molecule has 22 heavy (non-hydrogen) atoms. The fraction of sp³-hybridized carbons (Fsp3) is 0.467. The van der Waals surface area contributed by atoms with Gasteiger partial charge in [0, 0.05) is 24.3 Å².